The van der Waals surface area contributed by atoms with Crippen LogP contribution in [0.1, 0.15) is 29.2 Å². The summed E-state index contributed by atoms with van der Waals surface area (Å²) in [6, 6.07) is 12.7. The van der Waals surface area contributed by atoms with Gasteiger partial charge in [0.2, 0.25) is 17.6 Å². The lowest BCUT2D eigenvalue weighted by molar-refractivity contribution is -0.141. The fourth-order valence-electron chi connectivity index (χ4n) is 8.25. The van der Waals surface area contributed by atoms with E-state index in [4.69, 9.17) is 23.2 Å². The van der Waals surface area contributed by atoms with Crippen molar-refractivity contribution in [3.05, 3.63) is 105 Å². The minimum absolute atomic E-state index is 0.00663. The maximum atomic E-state index is 15.3. The number of halogens is 7. The fourth-order valence-corrected chi connectivity index (χ4v) is 9.87. The Labute approximate surface area is 293 Å². The first-order valence-electron chi connectivity index (χ1n) is 15.3. The molecule has 6 atom stereocenters. The number of aromatic hydroxyl groups is 1. The van der Waals surface area contributed by atoms with Gasteiger partial charge in [-0.25, -0.2) is 26.9 Å². The number of hydrogen-bond donors (Lipinski definition) is 1. The van der Waals surface area contributed by atoms with Crippen LogP contribution >= 0.6 is 34.5 Å². The number of phenols is 1. The molecule has 1 aromatic heterocycles. The topological polar surface area (TPSA) is 95.0 Å². The predicted molar refractivity (Wildman–Crippen MR) is 172 cm³/mol. The largest absolute Gasteiger partial charge is 0.507 e. The van der Waals surface area contributed by atoms with Gasteiger partial charge in [0.05, 0.1) is 18.4 Å². The number of fused-ring (bicyclic) bond motifs is 5. The van der Waals surface area contributed by atoms with Crippen molar-refractivity contribution in [2.75, 3.05) is 4.90 Å². The van der Waals surface area contributed by atoms with Crippen molar-refractivity contribution in [2.24, 2.45) is 17.8 Å². The quantitative estimate of drug-likeness (QED) is 0.0603. The second-order valence-electron chi connectivity index (χ2n) is 12.8. The number of anilines is 1. The molecule has 7 nitrogen and oxygen atoms in total. The summed E-state index contributed by atoms with van der Waals surface area (Å²) in [5.74, 6) is -21.0. The summed E-state index contributed by atoms with van der Waals surface area (Å²) in [5.41, 5.74) is -1.29. The molecular formula is C35H21Cl2F5N2O5S. The van der Waals surface area contributed by atoms with Gasteiger partial charge in [-0.1, -0.05) is 48.0 Å². The lowest BCUT2D eigenvalue weighted by Gasteiger charge is -2.51. The molecular weight excluding hydrogens is 726 g/mol. The number of alkyl halides is 2. The van der Waals surface area contributed by atoms with Crippen molar-refractivity contribution in [3.8, 4) is 5.75 Å². The van der Waals surface area contributed by atoms with Gasteiger partial charge in [0.25, 0.3) is 11.8 Å². The summed E-state index contributed by atoms with van der Waals surface area (Å²) in [6.07, 6.45) is 1.07. The van der Waals surface area contributed by atoms with E-state index in [1.54, 1.807) is 47.9 Å². The van der Waals surface area contributed by atoms with E-state index < -0.39 is 98.2 Å². The SMILES string of the molecule is O=C1[C@H]2[C@H](CC=C3[C@H]2C[C@@]2(Cl)C(=O)N(c4c(F)c(F)c(F)c(F)c4F)C(=O)[C@@]2(Cl)[C@H]3c2ccc(O)c3ccccc23)C(=O)N1Cc1cccs1. The fraction of sp³-hybridized carbons (Fsp3) is 0.257. The molecule has 2 aliphatic heterocycles. The highest BCUT2D eigenvalue weighted by atomic mass is 35.5. The molecule has 4 aromatic rings. The van der Waals surface area contributed by atoms with Gasteiger partial charge in [0, 0.05) is 16.2 Å². The average molecular weight is 748 g/mol. The van der Waals surface area contributed by atoms with Crippen LogP contribution < -0.4 is 4.90 Å². The van der Waals surface area contributed by atoms with Gasteiger partial charge >= 0.3 is 0 Å². The van der Waals surface area contributed by atoms with E-state index in [2.05, 4.69) is 0 Å². The molecule has 1 saturated carbocycles. The standard InChI is InChI=1S/C35H21Cl2F5N2O5S/c36-34-12-20-18(7-8-19-22(20)31(47)43(30(19)46)13-14-4-3-11-50-14)23(17-9-10-21(45)16-6-2-1-5-15(16)17)35(34,37)33(49)44(32(34)48)29-27(41)25(39)24(38)26(40)28(29)42/h1-7,9-11,19-20,22-23,45H,8,12-13H2/t19-,20+,22-,23-,34+,35-/m0/s1. The van der Waals surface area contributed by atoms with Gasteiger partial charge in [-0.05, 0) is 47.2 Å². The molecule has 3 aromatic carbocycles. The van der Waals surface area contributed by atoms with Crippen LogP contribution in [-0.2, 0) is 25.7 Å². The van der Waals surface area contributed by atoms with Gasteiger partial charge in [-0.3, -0.25) is 24.1 Å². The smallest absolute Gasteiger partial charge is 0.258 e. The van der Waals surface area contributed by atoms with Crippen LogP contribution in [0.15, 0.2) is 65.6 Å². The lowest BCUT2D eigenvalue weighted by Crippen LogP contribution is -2.60. The zero-order valence-electron chi connectivity index (χ0n) is 25.2. The third-order valence-corrected chi connectivity index (χ3v) is 12.7. The van der Waals surface area contributed by atoms with Gasteiger partial charge in [0.15, 0.2) is 33.0 Å². The van der Waals surface area contributed by atoms with Crippen LogP contribution in [-0.4, -0.2) is 43.4 Å². The van der Waals surface area contributed by atoms with Crippen molar-refractivity contribution >= 4 is 74.6 Å². The number of rotatable bonds is 4. The molecule has 4 aliphatic rings. The highest BCUT2D eigenvalue weighted by Gasteiger charge is 2.77. The summed E-state index contributed by atoms with van der Waals surface area (Å²) >= 11 is 15.8. The van der Waals surface area contributed by atoms with E-state index in [-0.39, 0.29) is 29.2 Å². The Balaban J connectivity index is 1.35. The summed E-state index contributed by atoms with van der Waals surface area (Å²) in [4.78, 5) is 53.1. The number of carbonyl (C=O) groups is 4. The first kappa shape index (κ1) is 32.9. The summed E-state index contributed by atoms with van der Waals surface area (Å²) in [7, 11) is 0. The number of imide groups is 2. The predicted octanol–water partition coefficient (Wildman–Crippen LogP) is 7.07. The van der Waals surface area contributed by atoms with Crippen LogP contribution in [0.5, 0.6) is 5.75 Å². The summed E-state index contributed by atoms with van der Waals surface area (Å²) in [5, 5.41) is 13.1. The number of carbonyl (C=O) groups excluding carboxylic acids is 4. The van der Waals surface area contributed by atoms with Crippen LogP contribution in [0.4, 0.5) is 27.6 Å². The van der Waals surface area contributed by atoms with E-state index in [0.717, 1.165) is 9.78 Å². The van der Waals surface area contributed by atoms with Gasteiger partial charge in [-0.15, -0.1) is 34.5 Å². The van der Waals surface area contributed by atoms with E-state index in [9.17, 15) is 37.5 Å². The van der Waals surface area contributed by atoms with E-state index in [1.165, 1.54) is 23.5 Å². The second-order valence-corrected chi connectivity index (χ2v) is 15.0. The summed E-state index contributed by atoms with van der Waals surface area (Å²) < 4.78 is 73.6. The van der Waals surface area contributed by atoms with Crippen molar-refractivity contribution in [3.63, 3.8) is 0 Å². The van der Waals surface area contributed by atoms with Crippen LogP contribution in [0, 0.1) is 46.8 Å². The molecule has 3 fully saturated rings. The molecule has 50 heavy (non-hydrogen) atoms. The van der Waals surface area contributed by atoms with Crippen molar-refractivity contribution in [1.29, 1.82) is 0 Å². The number of thiophene rings is 1. The Morgan fingerprint density at radius 3 is 2.12 bits per heavy atom. The minimum Gasteiger partial charge on any atom is -0.507 e. The molecule has 0 spiro atoms. The zero-order chi connectivity index (χ0) is 35.6. The number of phenolic OH excluding ortho intramolecular Hbond substituents is 1. The molecule has 0 unspecified atom stereocenters. The Kier molecular flexibility index (Phi) is 7.28. The molecule has 3 heterocycles. The van der Waals surface area contributed by atoms with Crippen molar-refractivity contribution in [2.45, 2.75) is 35.1 Å². The van der Waals surface area contributed by atoms with Crippen LogP contribution in [0.25, 0.3) is 10.8 Å². The van der Waals surface area contributed by atoms with Gasteiger partial charge < -0.3 is 5.11 Å². The Morgan fingerprint density at radius 2 is 1.46 bits per heavy atom. The van der Waals surface area contributed by atoms with E-state index in [0.29, 0.717) is 16.3 Å². The molecule has 2 aliphatic carbocycles. The highest BCUT2D eigenvalue weighted by molar-refractivity contribution is 7.09. The molecule has 8 rings (SSSR count). The number of amides is 4. The first-order chi connectivity index (χ1) is 23.7. The molecule has 0 radical (unpaired) electrons. The Hall–Kier alpha value is -4.33. The maximum absolute atomic E-state index is 15.3. The van der Waals surface area contributed by atoms with E-state index >= 15 is 8.78 Å². The Bertz CT molecular complexity index is 2220. The number of nitrogens with zero attached hydrogens (tertiary/aromatic N) is 2. The second kappa shape index (κ2) is 11.1. The van der Waals surface area contributed by atoms with Crippen molar-refractivity contribution in [1.82, 2.24) is 4.90 Å². The molecule has 4 amide bonds. The lowest BCUT2D eigenvalue weighted by atomic mass is 9.56. The number of allylic oxidation sites excluding steroid dienone is 2. The molecule has 2 saturated heterocycles. The summed E-state index contributed by atoms with van der Waals surface area (Å²) in [6.45, 7) is -0.00663. The third kappa shape index (κ3) is 4.08. The van der Waals surface area contributed by atoms with Crippen molar-refractivity contribution < 1.29 is 46.2 Å². The highest BCUT2D eigenvalue weighted by Crippen LogP contribution is 2.66. The van der Waals surface area contributed by atoms with Crippen LogP contribution in [0.2, 0.25) is 0 Å². The zero-order valence-corrected chi connectivity index (χ0v) is 27.6. The molecule has 256 valence electrons. The van der Waals surface area contributed by atoms with Crippen LogP contribution in [0.3, 0.4) is 0 Å². The minimum atomic E-state index is -2.66. The first-order valence-corrected chi connectivity index (χ1v) is 16.9. The molecule has 1 N–H and O–H groups in total. The number of hydrogen-bond acceptors (Lipinski definition) is 6. The van der Waals surface area contributed by atoms with Gasteiger partial charge in [-0.2, -0.15) is 0 Å². The average Bonchev–Trinajstić information content (AvgIpc) is 3.75. The number of likely N-dealkylation sites (tertiary alicyclic amines) is 1. The maximum Gasteiger partial charge on any atom is 0.258 e. The normalized spacial score (nSPS) is 29.1. The molecule has 0 bridgehead atoms. The third-order valence-electron chi connectivity index (χ3n) is 10.5. The van der Waals surface area contributed by atoms with Gasteiger partial charge in [0.1, 0.15) is 11.4 Å². The molecule has 15 heteroatoms. The van der Waals surface area contributed by atoms with E-state index in [1.807, 2.05) is 0 Å². The monoisotopic (exact) mass is 746 g/mol. The number of benzene rings is 3. The Morgan fingerprint density at radius 1 is 0.800 bits per heavy atom.